The molecule has 23 heavy (non-hydrogen) atoms. The molecule has 1 amide bonds. The minimum Gasteiger partial charge on any atom is -0.480 e. The molecule has 0 aromatic heterocycles. The molecule has 2 aliphatic rings. The molecule has 1 saturated heterocycles. The second kappa shape index (κ2) is 8.64. The van der Waals surface area contributed by atoms with Gasteiger partial charge in [-0.15, -0.1) is 0 Å². The summed E-state index contributed by atoms with van der Waals surface area (Å²) in [7, 11) is 0. The van der Waals surface area contributed by atoms with Gasteiger partial charge in [-0.2, -0.15) is 0 Å². The van der Waals surface area contributed by atoms with Gasteiger partial charge in [-0.1, -0.05) is 19.8 Å². The van der Waals surface area contributed by atoms with Crippen LogP contribution in [0.15, 0.2) is 0 Å². The van der Waals surface area contributed by atoms with Crippen molar-refractivity contribution in [1.29, 1.82) is 0 Å². The summed E-state index contributed by atoms with van der Waals surface area (Å²) in [5.41, 5.74) is 0. The lowest BCUT2D eigenvalue weighted by Crippen LogP contribution is -2.53. The van der Waals surface area contributed by atoms with E-state index in [0.29, 0.717) is 12.1 Å². The zero-order chi connectivity index (χ0) is 16.8. The monoisotopic (exact) mass is 325 g/mol. The molecule has 2 fully saturated rings. The summed E-state index contributed by atoms with van der Waals surface area (Å²) in [6, 6.07) is 0.595. The summed E-state index contributed by atoms with van der Waals surface area (Å²) >= 11 is 0. The number of carboxylic acid groups (broad SMARTS) is 1. The second-order valence-electron chi connectivity index (χ2n) is 6.89. The molecule has 1 aliphatic carbocycles. The Kier molecular flexibility index (Phi) is 6.84. The van der Waals surface area contributed by atoms with Gasteiger partial charge in [0.15, 0.2) is 0 Å². The maximum atomic E-state index is 12.4. The highest BCUT2D eigenvalue weighted by Gasteiger charge is 2.30. The number of carboxylic acids is 1. The molecule has 6 nitrogen and oxygen atoms in total. The van der Waals surface area contributed by atoms with Crippen LogP contribution in [0.1, 0.15) is 52.4 Å². The molecule has 6 heteroatoms. The maximum Gasteiger partial charge on any atom is 0.317 e. The number of likely N-dealkylation sites (N-methyl/N-ethyl adjacent to an activating group) is 1. The number of aliphatic carboxylic acids is 1. The van der Waals surface area contributed by atoms with E-state index >= 15 is 0 Å². The maximum absolute atomic E-state index is 12.4. The Labute approximate surface area is 139 Å². The molecular formula is C17H31N3O3. The average molecular weight is 325 g/mol. The highest BCUT2D eigenvalue weighted by molar-refractivity contribution is 5.81. The average Bonchev–Trinajstić information content (AvgIpc) is 3.04. The van der Waals surface area contributed by atoms with Gasteiger partial charge >= 0.3 is 5.97 Å². The van der Waals surface area contributed by atoms with E-state index in [0.717, 1.165) is 45.3 Å². The van der Waals surface area contributed by atoms with Crippen molar-refractivity contribution in [1.82, 2.24) is 15.1 Å². The van der Waals surface area contributed by atoms with Gasteiger partial charge in [-0.05, 0) is 39.2 Å². The van der Waals surface area contributed by atoms with Crippen LogP contribution in [0.3, 0.4) is 0 Å². The number of carbonyl (C=O) groups is 2. The molecule has 0 aromatic rings. The predicted molar refractivity (Wildman–Crippen MR) is 89.3 cm³/mol. The highest BCUT2D eigenvalue weighted by Crippen LogP contribution is 2.20. The Bertz CT molecular complexity index is 402. The number of nitrogens with one attached hydrogen (secondary N) is 1. The third-order valence-corrected chi connectivity index (χ3v) is 5.39. The lowest BCUT2D eigenvalue weighted by molar-refractivity contribution is -0.139. The molecule has 0 aromatic carbocycles. The van der Waals surface area contributed by atoms with Crippen LogP contribution in [0.5, 0.6) is 0 Å². The van der Waals surface area contributed by atoms with Crippen molar-refractivity contribution in [3.05, 3.63) is 0 Å². The summed E-state index contributed by atoms with van der Waals surface area (Å²) < 4.78 is 0. The Morgan fingerprint density at radius 1 is 1.22 bits per heavy atom. The number of carbonyl (C=O) groups excluding carboxylic acids is 1. The SMILES string of the molecule is CCN(CC(=O)O)C1CCN(C(C)C(=O)NC2CCCC2)CC1. The quantitative estimate of drug-likeness (QED) is 0.738. The minimum atomic E-state index is -0.765. The van der Waals surface area contributed by atoms with Gasteiger partial charge < -0.3 is 10.4 Å². The zero-order valence-corrected chi connectivity index (χ0v) is 14.5. The van der Waals surface area contributed by atoms with Crippen molar-refractivity contribution in [2.75, 3.05) is 26.2 Å². The second-order valence-corrected chi connectivity index (χ2v) is 6.89. The van der Waals surface area contributed by atoms with Crippen molar-refractivity contribution in [3.63, 3.8) is 0 Å². The van der Waals surface area contributed by atoms with E-state index in [4.69, 9.17) is 5.11 Å². The fourth-order valence-corrected chi connectivity index (χ4v) is 3.87. The van der Waals surface area contributed by atoms with E-state index in [1.54, 1.807) is 0 Å². The third kappa shape index (κ3) is 5.18. The lowest BCUT2D eigenvalue weighted by Gasteiger charge is -2.39. The largest absolute Gasteiger partial charge is 0.480 e. The standard InChI is InChI=1S/C17H31N3O3/c1-3-19(12-16(21)22)15-8-10-20(11-9-15)13(2)17(23)18-14-6-4-5-7-14/h13-15H,3-12H2,1-2H3,(H,18,23)(H,21,22). The molecule has 0 bridgehead atoms. The van der Waals surface area contributed by atoms with Crippen molar-refractivity contribution in [3.8, 4) is 0 Å². The molecule has 2 N–H and O–H groups in total. The number of piperidine rings is 1. The number of rotatable bonds is 7. The van der Waals surface area contributed by atoms with Gasteiger partial charge in [0, 0.05) is 25.2 Å². The van der Waals surface area contributed by atoms with E-state index in [1.165, 1.54) is 12.8 Å². The molecule has 1 heterocycles. The molecule has 2 rings (SSSR count). The zero-order valence-electron chi connectivity index (χ0n) is 14.5. The first-order valence-corrected chi connectivity index (χ1v) is 9.01. The van der Waals surface area contributed by atoms with Gasteiger partial charge in [-0.3, -0.25) is 19.4 Å². The number of amides is 1. The van der Waals surface area contributed by atoms with E-state index in [-0.39, 0.29) is 18.5 Å². The fraction of sp³-hybridized carbons (Fsp3) is 0.882. The lowest BCUT2D eigenvalue weighted by atomic mass is 10.0. The molecule has 1 atom stereocenters. The molecular weight excluding hydrogens is 294 g/mol. The van der Waals surface area contributed by atoms with Crippen LogP contribution in [-0.2, 0) is 9.59 Å². The Morgan fingerprint density at radius 3 is 2.35 bits per heavy atom. The molecule has 0 spiro atoms. The Morgan fingerprint density at radius 2 is 1.83 bits per heavy atom. The Hall–Kier alpha value is -1.14. The van der Waals surface area contributed by atoms with Crippen LogP contribution < -0.4 is 5.32 Å². The van der Waals surface area contributed by atoms with E-state index < -0.39 is 5.97 Å². The molecule has 1 unspecified atom stereocenters. The summed E-state index contributed by atoms with van der Waals surface area (Å²) in [5, 5.41) is 12.2. The summed E-state index contributed by atoms with van der Waals surface area (Å²) in [6.45, 7) is 6.58. The van der Waals surface area contributed by atoms with Crippen molar-refractivity contribution >= 4 is 11.9 Å². The van der Waals surface area contributed by atoms with Crippen molar-refractivity contribution in [2.45, 2.75) is 70.5 Å². The van der Waals surface area contributed by atoms with Gasteiger partial charge in [0.25, 0.3) is 0 Å². The number of nitrogens with zero attached hydrogens (tertiary/aromatic N) is 2. The van der Waals surface area contributed by atoms with Crippen LogP contribution >= 0.6 is 0 Å². The van der Waals surface area contributed by atoms with Gasteiger partial charge in [0.2, 0.25) is 5.91 Å². The first-order chi connectivity index (χ1) is 11.0. The van der Waals surface area contributed by atoms with E-state index in [9.17, 15) is 9.59 Å². The third-order valence-electron chi connectivity index (χ3n) is 5.39. The smallest absolute Gasteiger partial charge is 0.317 e. The number of hydrogen-bond acceptors (Lipinski definition) is 4. The fourth-order valence-electron chi connectivity index (χ4n) is 3.87. The minimum absolute atomic E-state index is 0.0916. The number of hydrogen-bond donors (Lipinski definition) is 2. The van der Waals surface area contributed by atoms with Gasteiger partial charge in [0.05, 0.1) is 12.6 Å². The summed E-state index contributed by atoms with van der Waals surface area (Å²) in [4.78, 5) is 27.6. The van der Waals surface area contributed by atoms with E-state index in [1.807, 2.05) is 18.7 Å². The molecule has 1 aliphatic heterocycles. The van der Waals surface area contributed by atoms with Crippen LogP contribution in [0.4, 0.5) is 0 Å². The van der Waals surface area contributed by atoms with Gasteiger partial charge in [0.1, 0.15) is 0 Å². The van der Waals surface area contributed by atoms with Crippen LogP contribution in [0.2, 0.25) is 0 Å². The van der Waals surface area contributed by atoms with Crippen molar-refractivity contribution < 1.29 is 14.7 Å². The summed E-state index contributed by atoms with van der Waals surface area (Å²) in [5.74, 6) is -0.619. The van der Waals surface area contributed by atoms with Crippen LogP contribution in [0, 0.1) is 0 Å². The van der Waals surface area contributed by atoms with Crippen LogP contribution in [-0.4, -0.2) is 71.1 Å². The Balaban J connectivity index is 1.78. The molecule has 1 saturated carbocycles. The first kappa shape index (κ1) is 18.2. The van der Waals surface area contributed by atoms with Gasteiger partial charge in [-0.25, -0.2) is 0 Å². The first-order valence-electron chi connectivity index (χ1n) is 9.01. The highest BCUT2D eigenvalue weighted by atomic mass is 16.4. The van der Waals surface area contributed by atoms with E-state index in [2.05, 4.69) is 10.2 Å². The normalized spacial score (nSPS) is 22.4. The topological polar surface area (TPSA) is 72.9 Å². The number of likely N-dealkylation sites (tertiary alicyclic amines) is 1. The summed E-state index contributed by atoms with van der Waals surface area (Å²) in [6.07, 6.45) is 6.54. The molecule has 0 radical (unpaired) electrons. The predicted octanol–water partition coefficient (Wildman–Crippen LogP) is 1.30. The van der Waals surface area contributed by atoms with Crippen molar-refractivity contribution in [2.24, 2.45) is 0 Å². The van der Waals surface area contributed by atoms with Crippen LogP contribution in [0.25, 0.3) is 0 Å². The molecule has 132 valence electrons.